The van der Waals surface area contributed by atoms with Crippen LogP contribution < -0.4 is 0 Å². The lowest BCUT2D eigenvalue weighted by Gasteiger charge is -1.82. The summed E-state index contributed by atoms with van der Waals surface area (Å²) in [5.41, 5.74) is 0.853. The van der Waals surface area contributed by atoms with Crippen LogP contribution in [-0.2, 0) is 0 Å². The molecule has 0 aromatic carbocycles. The van der Waals surface area contributed by atoms with Crippen LogP contribution in [-0.4, -0.2) is 0 Å². The van der Waals surface area contributed by atoms with Gasteiger partial charge in [-0.15, -0.1) is 0 Å². The molecule has 0 aromatic rings. The summed E-state index contributed by atoms with van der Waals surface area (Å²) in [5, 5.41) is 0. The van der Waals surface area contributed by atoms with Crippen molar-refractivity contribution in [3.63, 3.8) is 0 Å². The summed E-state index contributed by atoms with van der Waals surface area (Å²) in [6.45, 7) is 5.38. The highest BCUT2D eigenvalue weighted by atomic mass is 14.0. The van der Waals surface area contributed by atoms with Crippen molar-refractivity contribution in [3.05, 3.63) is 36.5 Å². The van der Waals surface area contributed by atoms with E-state index in [1.807, 2.05) is 24.3 Å². The lowest BCUT2D eigenvalue weighted by Crippen LogP contribution is -1.72. The highest BCUT2D eigenvalue weighted by molar-refractivity contribution is 5.29. The second-order valence-corrected chi connectivity index (χ2v) is 1.54. The fourth-order valence-corrected chi connectivity index (χ4v) is 0.542. The van der Waals surface area contributed by atoms with Gasteiger partial charge in [0.25, 0.3) is 0 Å². The zero-order chi connectivity index (χ0) is 5.11. The molecule has 7 heavy (non-hydrogen) atoms. The summed E-state index contributed by atoms with van der Waals surface area (Å²) in [5.74, 6) is 0. The molecule has 0 fully saturated rings. The number of rotatable bonds is 0. The Balaban J connectivity index is 2.66. The van der Waals surface area contributed by atoms with Crippen LogP contribution in [0.5, 0.6) is 0 Å². The van der Waals surface area contributed by atoms with Crippen molar-refractivity contribution in [2.75, 3.05) is 0 Å². The second-order valence-electron chi connectivity index (χ2n) is 1.54. The summed E-state index contributed by atoms with van der Waals surface area (Å²) >= 11 is 0. The predicted molar refractivity (Wildman–Crippen MR) is 30.7 cm³/mol. The molecule has 0 saturated heterocycles. The summed E-state index contributed by atoms with van der Waals surface area (Å²) < 4.78 is 0. The number of hydrogen-bond acceptors (Lipinski definition) is 0. The zero-order valence-electron chi connectivity index (χ0n) is 4.09. The van der Waals surface area contributed by atoms with Gasteiger partial charge in [-0.2, -0.15) is 0 Å². The number of hydrogen-bond donors (Lipinski definition) is 0. The Morgan fingerprint density at radius 1 is 1.29 bits per heavy atom. The van der Waals surface area contributed by atoms with Crippen molar-refractivity contribution in [3.8, 4) is 0 Å². The highest BCUT2D eigenvalue weighted by Gasteiger charge is 1.94. The molecular weight excluding hydrogens is 85.1 g/mol. The third-order valence-corrected chi connectivity index (χ3v) is 0.893. The second kappa shape index (κ2) is 1.72. The van der Waals surface area contributed by atoms with Crippen LogP contribution in [0.4, 0.5) is 0 Å². The van der Waals surface area contributed by atoms with Gasteiger partial charge >= 0.3 is 0 Å². The van der Waals surface area contributed by atoms with E-state index in [9.17, 15) is 0 Å². The minimum absolute atomic E-state index is 0.853. The maximum absolute atomic E-state index is 5.38. The van der Waals surface area contributed by atoms with Crippen LogP contribution in [0, 0.1) is 6.58 Å². The molecular formula is C7H7+. The van der Waals surface area contributed by atoms with Crippen molar-refractivity contribution in [2.45, 2.75) is 6.42 Å². The van der Waals surface area contributed by atoms with Gasteiger partial charge in [-0.1, -0.05) is 0 Å². The van der Waals surface area contributed by atoms with Crippen LogP contribution in [0.25, 0.3) is 0 Å². The van der Waals surface area contributed by atoms with Gasteiger partial charge < -0.3 is 0 Å². The molecule has 0 nitrogen and oxygen atoms in total. The van der Waals surface area contributed by atoms with E-state index < -0.39 is 0 Å². The Morgan fingerprint density at radius 2 is 1.86 bits per heavy atom. The summed E-state index contributed by atoms with van der Waals surface area (Å²) in [4.78, 5) is 0. The first-order valence-electron chi connectivity index (χ1n) is 2.35. The van der Waals surface area contributed by atoms with Gasteiger partial charge in [0.1, 0.15) is 0 Å². The lowest BCUT2D eigenvalue weighted by molar-refractivity contribution is 1.34. The molecule has 0 aromatic heterocycles. The molecule has 0 aliphatic heterocycles. The summed E-state index contributed by atoms with van der Waals surface area (Å²) in [7, 11) is 0. The standard InChI is InChI=1S/C7H7/c1-7-5-3-2-4-6-7/h1,3-6H,2H2/q+1/i1+1. The van der Waals surface area contributed by atoms with Crippen LogP contribution >= 0.6 is 0 Å². The van der Waals surface area contributed by atoms with Gasteiger partial charge in [-0.3, -0.25) is 0 Å². The third kappa shape index (κ3) is 0.989. The Labute approximate surface area is 43.9 Å². The quantitative estimate of drug-likeness (QED) is 0.316. The smallest absolute Gasteiger partial charge is 0.0217 e. The predicted octanol–water partition coefficient (Wildman–Crippen LogP) is 1.86. The summed E-state index contributed by atoms with van der Waals surface area (Å²) in [6.07, 6.45) is 8.94. The van der Waals surface area contributed by atoms with Gasteiger partial charge in [0.05, 0.1) is 12.2 Å². The molecule has 0 bridgehead atoms. The molecule has 0 spiro atoms. The first-order valence-corrected chi connectivity index (χ1v) is 2.35. The van der Waals surface area contributed by atoms with E-state index in [1.54, 1.807) is 0 Å². The van der Waals surface area contributed by atoms with E-state index >= 15 is 0 Å². The molecule has 0 radical (unpaired) electrons. The molecule has 34 valence electrons. The summed E-state index contributed by atoms with van der Waals surface area (Å²) in [6, 6.07) is 0. The minimum Gasteiger partial charge on any atom is -0.0217 e. The molecule has 0 unspecified atom stereocenters. The molecule has 1 aliphatic carbocycles. The van der Waals surface area contributed by atoms with E-state index in [4.69, 9.17) is 6.58 Å². The average Bonchev–Trinajstić information content (AvgIpc) is 1.69. The van der Waals surface area contributed by atoms with Crippen LogP contribution in [0.15, 0.2) is 29.9 Å². The first-order chi connectivity index (χ1) is 3.39. The SMILES string of the molecule is [13CH+]=C1C=CCC=C1. The van der Waals surface area contributed by atoms with Crippen LogP contribution in [0.3, 0.4) is 0 Å². The minimum atomic E-state index is 0.853. The molecule has 0 saturated carbocycles. The van der Waals surface area contributed by atoms with E-state index in [-0.39, 0.29) is 0 Å². The van der Waals surface area contributed by atoms with Gasteiger partial charge in [0, 0.05) is 13.0 Å². The first kappa shape index (κ1) is 4.29. The Kier molecular flexibility index (Phi) is 1.06. The van der Waals surface area contributed by atoms with Crippen LogP contribution in [0.1, 0.15) is 6.42 Å². The Morgan fingerprint density at radius 3 is 2.14 bits per heavy atom. The van der Waals surface area contributed by atoms with E-state index in [2.05, 4.69) is 0 Å². The molecule has 1 aliphatic rings. The molecule has 0 atom stereocenters. The maximum atomic E-state index is 5.38. The monoisotopic (exact) mass is 92.1 g/mol. The lowest BCUT2D eigenvalue weighted by atomic mass is 10.2. The molecule has 1 rings (SSSR count). The Hall–Kier alpha value is -0.870. The molecule has 0 heterocycles. The van der Waals surface area contributed by atoms with Gasteiger partial charge in [0.15, 0.2) is 5.57 Å². The fraction of sp³-hybridized carbons (Fsp3) is 0.143. The van der Waals surface area contributed by atoms with Gasteiger partial charge in [0.2, 0.25) is 0 Å². The van der Waals surface area contributed by atoms with Gasteiger partial charge in [-0.05, 0) is 12.2 Å². The normalized spacial score (nSPS) is 17.9. The molecule has 0 heteroatoms. The van der Waals surface area contributed by atoms with Crippen molar-refractivity contribution < 1.29 is 0 Å². The van der Waals surface area contributed by atoms with E-state index in [0.717, 1.165) is 12.0 Å². The van der Waals surface area contributed by atoms with E-state index in [1.165, 1.54) is 0 Å². The van der Waals surface area contributed by atoms with E-state index in [0.29, 0.717) is 0 Å². The van der Waals surface area contributed by atoms with Crippen molar-refractivity contribution in [2.24, 2.45) is 0 Å². The topological polar surface area (TPSA) is 0 Å². The Bertz CT molecular complexity index is 113. The zero-order valence-corrected chi connectivity index (χ0v) is 4.09. The fourth-order valence-electron chi connectivity index (χ4n) is 0.542. The van der Waals surface area contributed by atoms with Crippen LogP contribution in [0.2, 0.25) is 0 Å². The van der Waals surface area contributed by atoms with Crippen molar-refractivity contribution in [1.29, 1.82) is 0 Å². The third-order valence-electron chi connectivity index (χ3n) is 0.893. The average molecular weight is 92.1 g/mol. The molecule has 0 amide bonds. The largest absolute Gasteiger partial charge is 0.179 e. The van der Waals surface area contributed by atoms with Crippen molar-refractivity contribution in [1.82, 2.24) is 0 Å². The number of allylic oxidation sites excluding steroid dienone is 5. The van der Waals surface area contributed by atoms with Gasteiger partial charge in [-0.25, -0.2) is 0 Å². The maximum Gasteiger partial charge on any atom is 0.179 e. The van der Waals surface area contributed by atoms with Crippen molar-refractivity contribution >= 4 is 0 Å². The molecule has 0 N–H and O–H groups in total. The highest BCUT2D eigenvalue weighted by Crippen LogP contribution is 2.03.